The first-order chi connectivity index (χ1) is 19.2. The summed E-state index contributed by atoms with van der Waals surface area (Å²) >= 11 is 6.98. The van der Waals surface area contributed by atoms with Gasteiger partial charge in [-0.05, 0) is 76.0 Å². The number of amides is 3. The van der Waals surface area contributed by atoms with Gasteiger partial charge in [-0.3, -0.25) is 14.4 Å². The van der Waals surface area contributed by atoms with Gasteiger partial charge in [-0.25, -0.2) is 14.0 Å². The lowest BCUT2D eigenvalue weighted by molar-refractivity contribution is -0.106. The van der Waals surface area contributed by atoms with E-state index in [0.29, 0.717) is 38.6 Å². The minimum atomic E-state index is -1.72. The maximum Gasteiger partial charge on any atom is 0.331 e. The number of halogens is 1. The van der Waals surface area contributed by atoms with E-state index in [-0.39, 0.29) is 0 Å². The van der Waals surface area contributed by atoms with Gasteiger partial charge in [0.1, 0.15) is 10.0 Å². The number of allylic oxidation sites excluding steroid dienone is 4. The second-order valence-electron chi connectivity index (χ2n) is 8.14. The van der Waals surface area contributed by atoms with Crippen LogP contribution in [0.15, 0.2) is 81.8 Å². The van der Waals surface area contributed by atoms with Crippen LogP contribution in [-0.2, 0) is 15.8 Å². The number of thiophene rings is 1. The number of hydrogen-bond donors (Lipinski definition) is 3. The molecule has 0 bridgehead atoms. The fraction of sp³-hybridized carbons (Fsp3) is 0.321. The average Bonchev–Trinajstić information content (AvgIpc) is 3.37. The molecule has 0 saturated carbocycles. The average molecular weight is 607 g/mol. The smallest absolute Gasteiger partial charge is 0.331 e. The number of benzene rings is 1. The van der Waals surface area contributed by atoms with Crippen molar-refractivity contribution in [2.24, 2.45) is 4.99 Å². The molecule has 0 saturated heterocycles. The number of carbonyl (C=O) groups is 2. The molecule has 2 rings (SSSR count). The largest absolute Gasteiger partial charge is 0.384 e. The summed E-state index contributed by atoms with van der Waals surface area (Å²) in [4.78, 5) is 32.3. The zero-order chi connectivity index (χ0) is 30.1. The normalized spacial score (nSPS) is 12.7. The van der Waals surface area contributed by atoms with Gasteiger partial charge >= 0.3 is 6.03 Å². The quantitative estimate of drug-likeness (QED) is 0.109. The van der Waals surface area contributed by atoms with Crippen LogP contribution in [0.2, 0.25) is 4.34 Å². The summed E-state index contributed by atoms with van der Waals surface area (Å²) < 4.78 is 15.5. The maximum atomic E-state index is 12.2. The van der Waals surface area contributed by atoms with Gasteiger partial charge in [0.15, 0.2) is 11.0 Å². The van der Waals surface area contributed by atoms with E-state index in [1.165, 1.54) is 4.90 Å². The van der Waals surface area contributed by atoms with Crippen LogP contribution in [0.1, 0.15) is 34.1 Å². The third kappa shape index (κ3) is 12.3. The Morgan fingerprint density at radius 1 is 1.18 bits per heavy atom. The lowest BCUT2D eigenvalue weighted by Crippen LogP contribution is -2.30. The number of rotatable bonds is 13. The molecule has 3 N–H and O–H groups in total. The van der Waals surface area contributed by atoms with Crippen molar-refractivity contribution in [1.82, 2.24) is 14.9 Å². The molecule has 218 valence electrons. The van der Waals surface area contributed by atoms with Gasteiger partial charge in [0.25, 0.3) is 0 Å². The van der Waals surface area contributed by atoms with Crippen LogP contribution in [0.5, 0.6) is 0 Å². The molecule has 2 aromatic rings. The Morgan fingerprint density at radius 3 is 2.38 bits per heavy atom. The predicted molar refractivity (Wildman–Crippen MR) is 171 cm³/mol. The highest BCUT2D eigenvalue weighted by atomic mass is 35.5. The van der Waals surface area contributed by atoms with Crippen LogP contribution in [0.25, 0.3) is 0 Å². The van der Waals surface area contributed by atoms with Crippen molar-refractivity contribution in [2.45, 2.75) is 38.3 Å². The fourth-order valence-electron chi connectivity index (χ4n) is 3.08. The van der Waals surface area contributed by atoms with Crippen molar-refractivity contribution in [3.05, 3.63) is 76.9 Å². The molecule has 1 aromatic heterocycles. The zero-order valence-electron chi connectivity index (χ0n) is 23.9. The van der Waals surface area contributed by atoms with Crippen LogP contribution in [0, 0.1) is 0 Å². The molecule has 12 heteroatoms. The molecule has 40 heavy (non-hydrogen) atoms. The van der Waals surface area contributed by atoms with Crippen LogP contribution >= 0.6 is 22.9 Å². The third-order valence-corrected chi connectivity index (χ3v) is 7.55. The van der Waals surface area contributed by atoms with E-state index in [1.807, 2.05) is 47.0 Å². The Hall–Kier alpha value is -3.25. The van der Waals surface area contributed by atoms with Crippen LogP contribution < -0.4 is 20.3 Å². The number of anilines is 2. The SMILES string of the molecule is C=C/C=C(\C=C(/CC)N=C(C)N(C=O)c1ccc(NC(=O)NS(=O)c2ccc(Cl)s2)cc1)NCCN(C)C.CC. The van der Waals surface area contributed by atoms with Crippen molar-refractivity contribution >= 4 is 63.6 Å². The second kappa shape index (κ2) is 18.9. The molecular weight excluding hydrogens is 568 g/mol. The Morgan fingerprint density at radius 2 is 1.85 bits per heavy atom. The standard InChI is InChI=1S/C26H33ClN6O3S2.C2H6/c1-6-8-22(28-15-16-32(4)5)17-20(7-2)29-19(3)33(18-34)23-11-9-21(10-12-23)30-26(35)31-38(36)25-14-13-24(27)37-25;1-2/h6,8-14,17-18,28H,1,7,15-16H2,2-5H3,(H2,30,31,35);1-2H3/b20-17+,22-8+,29-19?;. The fourth-order valence-corrected chi connectivity index (χ4v) is 5.20. The molecule has 0 aliphatic heterocycles. The van der Waals surface area contributed by atoms with E-state index in [0.717, 1.165) is 35.8 Å². The van der Waals surface area contributed by atoms with Crippen LogP contribution in [0.4, 0.5) is 16.2 Å². The van der Waals surface area contributed by atoms with E-state index in [9.17, 15) is 13.8 Å². The van der Waals surface area contributed by atoms with Gasteiger partial charge in [-0.2, -0.15) is 0 Å². The van der Waals surface area contributed by atoms with Gasteiger partial charge in [0.2, 0.25) is 6.41 Å². The first-order valence-electron chi connectivity index (χ1n) is 12.7. The van der Waals surface area contributed by atoms with Gasteiger partial charge in [-0.1, -0.05) is 45.0 Å². The van der Waals surface area contributed by atoms with Crippen molar-refractivity contribution < 1.29 is 13.8 Å². The lowest BCUT2D eigenvalue weighted by atomic mass is 10.2. The number of likely N-dealkylation sites (N-methyl/N-ethyl adjacent to an activating group) is 1. The highest BCUT2D eigenvalue weighted by molar-refractivity contribution is 7.86. The van der Waals surface area contributed by atoms with Crippen molar-refractivity contribution in [3.8, 4) is 0 Å². The minimum Gasteiger partial charge on any atom is -0.384 e. The number of aliphatic imine (C=N–C) groups is 1. The van der Waals surface area contributed by atoms with E-state index in [4.69, 9.17) is 11.6 Å². The molecule has 1 aromatic carbocycles. The summed E-state index contributed by atoms with van der Waals surface area (Å²) in [5, 5.41) is 5.98. The molecule has 1 unspecified atom stereocenters. The Labute approximate surface area is 249 Å². The molecule has 0 fully saturated rings. The van der Waals surface area contributed by atoms with Crippen LogP contribution in [-0.4, -0.2) is 54.6 Å². The number of amidine groups is 1. The van der Waals surface area contributed by atoms with Gasteiger partial charge in [-0.15, -0.1) is 11.3 Å². The summed E-state index contributed by atoms with van der Waals surface area (Å²) in [5.41, 5.74) is 2.70. The van der Waals surface area contributed by atoms with E-state index in [1.54, 1.807) is 49.4 Å². The van der Waals surface area contributed by atoms with Crippen molar-refractivity contribution in [3.63, 3.8) is 0 Å². The van der Waals surface area contributed by atoms with Gasteiger partial charge in [0, 0.05) is 35.9 Å². The number of nitrogens with one attached hydrogen (secondary N) is 3. The molecule has 9 nitrogen and oxygen atoms in total. The second-order valence-corrected chi connectivity index (χ2v) is 11.3. The summed E-state index contributed by atoms with van der Waals surface area (Å²) in [6, 6.07) is 9.21. The third-order valence-electron chi connectivity index (χ3n) is 4.95. The lowest BCUT2D eigenvalue weighted by Gasteiger charge is -2.18. The molecule has 3 amide bonds. The molecular formula is C28H39ClN6O3S2. The molecule has 1 heterocycles. The molecule has 1 atom stereocenters. The highest BCUT2D eigenvalue weighted by Gasteiger charge is 2.13. The number of hydrogen-bond acceptors (Lipinski definition) is 7. The summed E-state index contributed by atoms with van der Waals surface area (Å²) in [7, 11) is 2.30. The Bertz CT molecular complexity index is 1220. The van der Waals surface area contributed by atoms with Crippen molar-refractivity contribution in [2.75, 3.05) is 37.4 Å². The summed E-state index contributed by atoms with van der Waals surface area (Å²) in [6.45, 7) is 13.2. The Balaban J connectivity index is 0.00000391. The van der Waals surface area contributed by atoms with Gasteiger partial charge < -0.3 is 15.5 Å². The first kappa shape index (κ1) is 34.8. The molecule has 0 aliphatic rings. The summed E-state index contributed by atoms with van der Waals surface area (Å²) in [5.74, 6) is 0.489. The van der Waals surface area contributed by atoms with E-state index < -0.39 is 17.0 Å². The number of urea groups is 1. The van der Waals surface area contributed by atoms with E-state index in [2.05, 4.69) is 31.8 Å². The molecule has 0 spiro atoms. The van der Waals surface area contributed by atoms with E-state index >= 15 is 0 Å². The minimum absolute atomic E-state index is 0.439. The Kier molecular flexibility index (Phi) is 16.5. The summed E-state index contributed by atoms with van der Waals surface area (Å²) in [6.07, 6.45) is 6.86. The maximum absolute atomic E-state index is 12.2. The predicted octanol–water partition coefficient (Wildman–Crippen LogP) is 6.17. The highest BCUT2D eigenvalue weighted by Crippen LogP contribution is 2.24. The number of carbonyl (C=O) groups excluding carboxylic acids is 2. The molecule has 0 aliphatic carbocycles. The monoisotopic (exact) mass is 606 g/mol. The number of nitrogens with zero attached hydrogens (tertiary/aromatic N) is 3. The zero-order valence-corrected chi connectivity index (χ0v) is 26.3. The topological polar surface area (TPSA) is 106 Å². The molecule has 0 radical (unpaired) electrons. The first-order valence-corrected chi connectivity index (χ1v) is 15.1. The van der Waals surface area contributed by atoms with Crippen molar-refractivity contribution in [1.29, 1.82) is 0 Å². The van der Waals surface area contributed by atoms with Crippen LogP contribution in [0.3, 0.4) is 0 Å². The van der Waals surface area contributed by atoms with Gasteiger partial charge in [0.05, 0.1) is 4.34 Å².